The number of esters is 1. The molecule has 0 spiro atoms. The van der Waals surface area contributed by atoms with Crippen LogP contribution in [0.2, 0.25) is 0 Å². The van der Waals surface area contributed by atoms with Crippen LogP contribution in [0.15, 0.2) is 24.3 Å². The van der Waals surface area contributed by atoms with Crippen LogP contribution < -0.4 is 0 Å². The first-order chi connectivity index (χ1) is 13.2. The number of nitrogens with one attached hydrogen (secondary N) is 1. The van der Waals surface area contributed by atoms with Gasteiger partial charge in [-0.1, -0.05) is 18.2 Å². The second-order valence-electron chi connectivity index (χ2n) is 8.52. The van der Waals surface area contributed by atoms with E-state index < -0.39 is 5.41 Å². The molecule has 5 nitrogen and oxygen atoms in total. The van der Waals surface area contributed by atoms with Crippen molar-refractivity contribution in [3.8, 4) is 0 Å². The van der Waals surface area contributed by atoms with Gasteiger partial charge in [0.25, 0.3) is 0 Å². The third-order valence-corrected chi connectivity index (χ3v) is 7.24. The van der Waals surface area contributed by atoms with E-state index in [0.717, 1.165) is 50.2 Å². The summed E-state index contributed by atoms with van der Waals surface area (Å²) in [5.41, 5.74) is 2.99. The van der Waals surface area contributed by atoms with Crippen molar-refractivity contribution >= 4 is 29.3 Å². The largest absolute Gasteiger partial charge is 0.468 e. The molecule has 28 heavy (non-hydrogen) atoms. The molecule has 4 aliphatic rings. The number of H-pyrrole nitrogens is 1. The molecule has 152 valence electrons. The Morgan fingerprint density at radius 2 is 2.14 bits per heavy atom. The van der Waals surface area contributed by atoms with Crippen molar-refractivity contribution in [2.24, 2.45) is 11.8 Å². The van der Waals surface area contributed by atoms with E-state index in [1.54, 1.807) is 14.2 Å². The number of fused-ring (bicyclic) bond motifs is 4. The minimum atomic E-state index is -0.584. The van der Waals surface area contributed by atoms with Crippen LogP contribution in [0.3, 0.4) is 0 Å². The molecule has 4 bridgehead atoms. The van der Waals surface area contributed by atoms with Crippen molar-refractivity contribution in [2.75, 3.05) is 33.9 Å². The number of carbonyl (C=O) groups is 1. The molecule has 3 aliphatic heterocycles. The van der Waals surface area contributed by atoms with Gasteiger partial charge in [-0.25, -0.2) is 0 Å². The molecular weight excluding hydrogens is 376 g/mol. The summed E-state index contributed by atoms with van der Waals surface area (Å²) in [5.74, 6) is 0.932. The number of nitrogens with zero attached hydrogens (tertiary/aromatic N) is 1. The quantitative estimate of drug-likeness (QED) is 0.794. The summed E-state index contributed by atoms with van der Waals surface area (Å²) in [5, 5.41) is 1.26. The van der Waals surface area contributed by atoms with E-state index >= 15 is 0 Å². The molecule has 3 fully saturated rings. The molecule has 2 saturated heterocycles. The van der Waals surface area contributed by atoms with Gasteiger partial charge in [0.05, 0.1) is 7.11 Å². The number of aromatic nitrogens is 1. The summed E-state index contributed by atoms with van der Waals surface area (Å²) in [6.07, 6.45) is 4.07. The van der Waals surface area contributed by atoms with Crippen molar-refractivity contribution in [3.63, 3.8) is 0 Å². The predicted molar refractivity (Wildman–Crippen MR) is 111 cm³/mol. The molecule has 1 aliphatic carbocycles. The Bertz CT molecular complexity index is 882. The maximum absolute atomic E-state index is 13.4. The van der Waals surface area contributed by atoms with E-state index in [1.807, 2.05) is 0 Å². The number of hydrogen-bond acceptors (Lipinski definition) is 4. The Morgan fingerprint density at radius 3 is 2.93 bits per heavy atom. The SMILES string of the molecule is COCC[C@@H]1CC2CN3CCc4c([nH]c5ccccc45)[C@@](C(=O)OC)(C2)C13.Cl. The smallest absolute Gasteiger partial charge is 0.319 e. The number of para-hydroxylation sites is 1. The van der Waals surface area contributed by atoms with Gasteiger partial charge >= 0.3 is 5.97 Å². The van der Waals surface area contributed by atoms with Gasteiger partial charge in [0.1, 0.15) is 5.41 Å². The number of carbonyl (C=O) groups excluding carboxylic acids is 1. The minimum absolute atomic E-state index is 0. The maximum atomic E-state index is 13.4. The number of ether oxygens (including phenoxy) is 2. The fraction of sp³-hybridized carbons (Fsp3) is 0.591. The van der Waals surface area contributed by atoms with Gasteiger partial charge in [0.15, 0.2) is 0 Å². The molecule has 1 N–H and O–H groups in total. The molecule has 6 heteroatoms. The van der Waals surface area contributed by atoms with Gasteiger partial charge < -0.3 is 14.5 Å². The zero-order valence-electron chi connectivity index (χ0n) is 16.6. The lowest BCUT2D eigenvalue weighted by atomic mass is 9.56. The highest BCUT2D eigenvalue weighted by atomic mass is 35.5. The van der Waals surface area contributed by atoms with Crippen molar-refractivity contribution in [1.82, 2.24) is 9.88 Å². The fourth-order valence-electron chi connectivity index (χ4n) is 6.42. The van der Waals surface area contributed by atoms with E-state index in [2.05, 4.69) is 34.1 Å². The Kier molecular flexibility index (Phi) is 5.19. The summed E-state index contributed by atoms with van der Waals surface area (Å²) in [4.78, 5) is 19.7. The van der Waals surface area contributed by atoms with E-state index in [1.165, 1.54) is 17.4 Å². The monoisotopic (exact) mass is 404 g/mol. The van der Waals surface area contributed by atoms with Crippen LogP contribution >= 0.6 is 12.4 Å². The Labute approximate surface area is 172 Å². The molecule has 2 aromatic rings. The van der Waals surface area contributed by atoms with Crippen LogP contribution in [0.5, 0.6) is 0 Å². The second-order valence-corrected chi connectivity index (χ2v) is 8.52. The van der Waals surface area contributed by atoms with Crippen LogP contribution in [0, 0.1) is 11.8 Å². The highest BCUT2D eigenvalue weighted by molar-refractivity contribution is 5.91. The van der Waals surface area contributed by atoms with Crippen LogP contribution in [-0.4, -0.2) is 55.8 Å². The molecule has 0 radical (unpaired) electrons. The summed E-state index contributed by atoms with van der Waals surface area (Å²) >= 11 is 0. The van der Waals surface area contributed by atoms with Gasteiger partial charge in [0.2, 0.25) is 0 Å². The van der Waals surface area contributed by atoms with E-state index in [4.69, 9.17) is 9.47 Å². The number of halogens is 1. The maximum Gasteiger partial charge on any atom is 0.319 e. The zero-order chi connectivity index (χ0) is 18.6. The molecule has 4 heterocycles. The first-order valence-corrected chi connectivity index (χ1v) is 10.1. The summed E-state index contributed by atoms with van der Waals surface area (Å²) < 4.78 is 10.9. The van der Waals surface area contributed by atoms with Crippen molar-refractivity contribution in [1.29, 1.82) is 0 Å². The van der Waals surface area contributed by atoms with Crippen LogP contribution in [0.25, 0.3) is 10.9 Å². The predicted octanol–water partition coefficient (Wildman–Crippen LogP) is 3.30. The van der Waals surface area contributed by atoms with Gasteiger partial charge in [-0.3, -0.25) is 9.69 Å². The number of benzene rings is 1. The van der Waals surface area contributed by atoms with Gasteiger partial charge in [0, 0.05) is 49.4 Å². The van der Waals surface area contributed by atoms with E-state index in [0.29, 0.717) is 11.8 Å². The molecule has 3 unspecified atom stereocenters. The summed E-state index contributed by atoms with van der Waals surface area (Å²) in [6.45, 7) is 2.87. The molecular formula is C22H29ClN2O3. The van der Waals surface area contributed by atoms with Gasteiger partial charge in [-0.05, 0) is 49.1 Å². The standard InChI is InChI=1S/C22H28N2O3.ClH/c1-26-10-8-15-11-14-12-22(21(25)27-2)19-17(7-9-24(13-14)20(15)22)16-5-3-4-6-18(16)23-19;/h3-6,14-15,20,23H,7-13H2,1-2H3;1H/t14?,15-,20?,22+;/m1./s1. The average Bonchev–Trinajstić information content (AvgIpc) is 3.04. The molecule has 6 rings (SSSR count). The van der Waals surface area contributed by atoms with Crippen molar-refractivity contribution in [3.05, 3.63) is 35.5 Å². The lowest BCUT2D eigenvalue weighted by Crippen LogP contribution is -2.67. The average molecular weight is 405 g/mol. The molecule has 5 atom stereocenters. The van der Waals surface area contributed by atoms with Crippen LogP contribution in [0.4, 0.5) is 0 Å². The topological polar surface area (TPSA) is 54.6 Å². The molecule has 1 saturated carbocycles. The van der Waals surface area contributed by atoms with E-state index in [-0.39, 0.29) is 24.4 Å². The van der Waals surface area contributed by atoms with Crippen LogP contribution in [-0.2, 0) is 26.1 Å². The second kappa shape index (κ2) is 7.36. The number of aromatic amines is 1. The molecule has 0 amide bonds. The highest BCUT2D eigenvalue weighted by Crippen LogP contribution is 2.55. The van der Waals surface area contributed by atoms with Crippen molar-refractivity contribution < 1.29 is 14.3 Å². The van der Waals surface area contributed by atoms with Crippen molar-refractivity contribution in [2.45, 2.75) is 37.1 Å². The molecule has 1 aromatic heterocycles. The van der Waals surface area contributed by atoms with Gasteiger partial charge in [-0.2, -0.15) is 0 Å². The number of piperidine rings is 2. The number of rotatable bonds is 4. The summed E-state index contributed by atoms with van der Waals surface area (Å²) in [6, 6.07) is 8.65. The third kappa shape index (κ3) is 2.63. The third-order valence-electron chi connectivity index (χ3n) is 7.24. The van der Waals surface area contributed by atoms with E-state index in [9.17, 15) is 4.79 Å². The number of methoxy groups -OCH3 is 2. The lowest BCUT2D eigenvalue weighted by molar-refractivity contribution is -0.162. The Morgan fingerprint density at radius 1 is 1.32 bits per heavy atom. The lowest BCUT2D eigenvalue weighted by Gasteiger charge is -2.58. The van der Waals surface area contributed by atoms with Crippen LogP contribution in [0.1, 0.15) is 30.5 Å². The Hall–Kier alpha value is -1.56. The normalized spacial score (nSPS) is 33.1. The summed E-state index contributed by atoms with van der Waals surface area (Å²) in [7, 11) is 3.31. The van der Waals surface area contributed by atoms with Gasteiger partial charge in [-0.15, -0.1) is 12.4 Å². The minimum Gasteiger partial charge on any atom is -0.468 e. The Balaban J connectivity index is 0.00000192. The highest BCUT2D eigenvalue weighted by Gasteiger charge is 2.62. The first-order valence-electron chi connectivity index (χ1n) is 10.1. The number of hydrogen-bond donors (Lipinski definition) is 1. The zero-order valence-corrected chi connectivity index (χ0v) is 17.4. The first kappa shape index (κ1) is 19.7. The molecule has 1 aromatic carbocycles. The fourth-order valence-corrected chi connectivity index (χ4v) is 6.42.